The van der Waals surface area contributed by atoms with Crippen molar-refractivity contribution in [2.24, 2.45) is 0 Å². The van der Waals surface area contributed by atoms with Gasteiger partial charge in [0.25, 0.3) is 0 Å². The predicted octanol–water partition coefficient (Wildman–Crippen LogP) is 2.75. The molecule has 0 amide bonds. The van der Waals surface area contributed by atoms with Crippen LogP contribution in [-0.2, 0) is 0 Å². The summed E-state index contributed by atoms with van der Waals surface area (Å²) in [5, 5.41) is 2.89. The Labute approximate surface area is 122 Å². The molecule has 1 aliphatic rings. The summed E-state index contributed by atoms with van der Waals surface area (Å²) in [7, 11) is 0. The molecule has 1 heterocycles. The van der Waals surface area contributed by atoms with Crippen LogP contribution in [-0.4, -0.2) is 32.9 Å². The minimum absolute atomic E-state index is 1.21. The normalized spacial score (nSPS) is 16.6. The first-order valence-electron chi connectivity index (χ1n) is 6.78. The van der Waals surface area contributed by atoms with Gasteiger partial charge in [-0.1, -0.05) is 0 Å². The van der Waals surface area contributed by atoms with Gasteiger partial charge in [0.1, 0.15) is 0 Å². The van der Waals surface area contributed by atoms with Gasteiger partial charge in [0.05, 0.1) is 0 Å². The summed E-state index contributed by atoms with van der Waals surface area (Å²) in [6.07, 6.45) is 2.65. The Morgan fingerprint density at radius 1 is 0.737 bits per heavy atom. The van der Waals surface area contributed by atoms with Crippen LogP contribution in [0.25, 0.3) is 0 Å². The van der Waals surface area contributed by atoms with Crippen LogP contribution in [0.5, 0.6) is 0 Å². The summed E-state index contributed by atoms with van der Waals surface area (Å²) < 4.78 is 2.68. The molecule has 1 saturated heterocycles. The number of benzene rings is 2. The van der Waals surface area contributed by atoms with Crippen molar-refractivity contribution in [1.82, 2.24) is 4.67 Å². The summed E-state index contributed by atoms with van der Waals surface area (Å²) in [4.78, 5) is 0. The Morgan fingerprint density at radius 3 is 1.58 bits per heavy atom. The van der Waals surface area contributed by atoms with Gasteiger partial charge in [0, 0.05) is 0 Å². The fraction of sp³-hybridized carbons (Fsp3) is 0.250. The van der Waals surface area contributed by atoms with Gasteiger partial charge in [-0.3, -0.25) is 0 Å². The zero-order chi connectivity index (χ0) is 13.1. The average Bonchev–Trinajstić information content (AvgIpc) is 3.03. The second-order valence-corrected chi connectivity index (χ2v) is 11.0. The molecule has 0 bridgehead atoms. The molecular formula is C16H18NPSe. The molecule has 0 radical (unpaired) electrons. The van der Waals surface area contributed by atoms with Crippen LogP contribution in [0, 0.1) is 0 Å². The van der Waals surface area contributed by atoms with Crippen molar-refractivity contribution in [2.45, 2.75) is 12.8 Å². The second kappa shape index (κ2) is 5.77. The van der Waals surface area contributed by atoms with Crippen molar-refractivity contribution in [3.05, 3.63) is 60.7 Å². The molecule has 3 heteroatoms. The molecule has 98 valence electrons. The number of rotatable bonds is 3. The van der Waals surface area contributed by atoms with Gasteiger partial charge in [-0.25, -0.2) is 0 Å². The zero-order valence-corrected chi connectivity index (χ0v) is 13.5. The Morgan fingerprint density at radius 2 is 1.16 bits per heavy atom. The molecule has 0 unspecified atom stereocenters. The van der Waals surface area contributed by atoms with E-state index in [0.29, 0.717) is 0 Å². The summed E-state index contributed by atoms with van der Waals surface area (Å²) in [5.41, 5.74) is -1.51. The Hall–Kier alpha value is -0.651. The first-order chi connectivity index (χ1) is 9.32. The average molecular weight is 334 g/mol. The first kappa shape index (κ1) is 13.3. The van der Waals surface area contributed by atoms with Gasteiger partial charge in [-0.2, -0.15) is 0 Å². The molecule has 3 rings (SSSR count). The monoisotopic (exact) mass is 335 g/mol. The number of hydrogen-bond acceptors (Lipinski definition) is 1. The van der Waals surface area contributed by atoms with Crippen molar-refractivity contribution in [3.63, 3.8) is 0 Å². The quantitative estimate of drug-likeness (QED) is 0.616. The number of nitrogens with zero attached hydrogens (tertiary/aromatic N) is 1. The van der Waals surface area contributed by atoms with Gasteiger partial charge >= 0.3 is 123 Å². The van der Waals surface area contributed by atoms with Crippen molar-refractivity contribution >= 4 is 31.4 Å². The van der Waals surface area contributed by atoms with Crippen LogP contribution < -0.4 is 10.6 Å². The van der Waals surface area contributed by atoms with E-state index in [9.17, 15) is 0 Å². The van der Waals surface area contributed by atoms with Gasteiger partial charge in [-0.15, -0.1) is 0 Å². The van der Waals surface area contributed by atoms with Crippen molar-refractivity contribution < 1.29 is 0 Å². The van der Waals surface area contributed by atoms with Crippen molar-refractivity contribution in [1.29, 1.82) is 0 Å². The van der Waals surface area contributed by atoms with Crippen LogP contribution in [0.4, 0.5) is 0 Å². The van der Waals surface area contributed by atoms with E-state index in [1.807, 2.05) is 0 Å². The van der Waals surface area contributed by atoms with E-state index in [-0.39, 0.29) is 0 Å². The van der Waals surface area contributed by atoms with Crippen LogP contribution in [0.2, 0.25) is 0 Å². The predicted molar refractivity (Wildman–Crippen MR) is 85.6 cm³/mol. The van der Waals surface area contributed by atoms with Gasteiger partial charge in [0.2, 0.25) is 0 Å². The van der Waals surface area contributed by atoms with E-state index >= 15 is 0 Å². The molecule has 0 spiro atoms. The molecule has 0 aromatic heterocycles. The van der Waals surface area contributed by atoms with Crippen LogP contribution in [0.1, 0.15) is 12.8 Å². The molecule has 1 fully saturated rings. The molecule has 2 aromatic carbocycles. The van der Waals surface area contributed by atoms with Crippen LogP contribution in [0.15, 0.2) is 60.7 Å². The van der Waals surface area contributed by atoms with E-state index in [2.05, 4.69) is 80.4 Å². The third-order valence-electron chi connectivity index (χ3n) is 3.69. The summed E-state index contributed by atoms with van der Waals surface area (Å²) in [6.45, 7) is 2.43. The van der Waals surface area contributed by atoms with Crippen molar-refractivity contribution in [3.8, 4) is 0 Å². The molecule has 19 heavy (non-hydrogen) atoms. The summed E-state index contributed by atoms with van der Waals surface area (Å²) in [6, 6.07) is 21.9. The van der Waals surface area contributed by atoms with Gasteiger partial charge < -0.3 is 0 Å². The van der Waals surface area contributed by atoms with Crippen LogP contribution >= 0.6 is 5.66 Å². The summed E-state index contributed by atoms with van der Waals surface area (Å²) in [5.74, 6) is 0. The molecule has 0 aliphatic carbocycles. The number of hydrogen-bond donors (Lipinski definition) is 0. The molecular weight excluding hydrogens is 316 g/mol. The SMILES string of the molecule is [Se]=P(c1ccccc1)(c1ccccc1)N1CCCC1. The van der Waals surface area contributed by atoms with Gasteiger partial charge in [-0.05, 0) is 0 Å². The van der Waals surface area contributed by atoms with E-state index in [0.717, 1.165) is 0 Å². The Kier molecular flexibility index (Phi) is 4.05. The maximum atomic E-state index is 3.60. The van der Waals surface area contributed by atoms with E-state index in [1.54, 1.807) is 0 Å². The Bertz CT molecular complexity index is 533. The topological polar surface area (TPSA) is 3.24 Å². The molecule has 0 atom stereocenters. The molecule has 2 aromatic rings. The van der Waals surface area contributed by atoms with E-state index in [1.165, 1.54) is 36.5 Å². The molecule has 1 nitrogen and oxygen atoms in total. The third kappa shape index (κ3) is 2.51. The van der Waals surface area contributed by atoms with Crippen LogP contribution in [0.3, 0.4) is 0 Å². The first-order valence-corrected chi connectivity index (χ1v) is 10.7. The van der Waals surface area contributed by atoms with Gasteiger partial charge in [0.15, 0.2) is 0 Å². The van der Waals surface area contributed by atoms with Crippen molar-refractivity contribution in [2.75, 3.05) is 13.1 Å². The fourth-order valence-electron chi connectivity index (χ4n) is 2.72. The second-order valence-electron chi connectivity index (χ2n) is 4.91. The van der Waals surface area contributed by atoms with E-state index < -0.39 is 5.66 Å². The fourth-order valence-corrected chi connectivity index (χ4v) is 8.23. The molecule has 0 saturated carbocycles. The third-order valence-corrected chi connectivity index (χ3v) is 11.0. The maximum absolute atomic E-state index is 3.60. The molecule has 0 N–H and O–H groups in total. The standard InChI is InChI=1S/C16H18NPSe/c19-18(17-13-7-8-14-17,15-9-3-1-4-10-15)16-11-5-2-6-12-16/h1-6,9-12H,7-8,13-14H2. The summed E-state index contributed by atoms with van der Waals surface area (Å²) >= 11 is 3.60. The molecule has 1 aliphatic heterocycles. The van der Waals surface area contributed by atoms with E-state index in [4.69, 9.17) is 0 Å². The minimum atomic E-state index is -1.51. The Balaban J connectivity index is 2.13. The zero-order valence-electron chi connectivity index (χ0n) is 10.9.